The van der Waals surface area contributed by atoms with Crippen molar-refractivity contribution in [3.8, 4) is 11.4 Å². The van der Waals surface area contributed by atoms with Crippen LogP contribution in [0, 0.1) is 6.92 Å². The maximum absolute atomic E-state index is 12.5. The van der Waals surface area contributed by atoms with Gasteiger partial charge in [0.2, 0.25) is 5.43 Å². The summed E-state index contributed by atoms with van der Waals surface area (Å²) in [6, 6.07) is 3.65. The van der Waals surface area contributed by atoms with Crippen LogP contribution in [0.25, 0.3) is 22.4 Å². The van der Waals surface area contributed by atoms with Gasteiger partial charge in [0.15, 0.2) is 5.82 Å². The lowest BCUT2D eigenvalue weighted by molar-refractivity contribution is 0.776. The van der Waals surface area contributed by atoms with E-state index in [4.69, 9.17) is 0 Å². The zero-order valence-corrected chi connectivity index (χ0v) is 10.7. The lowest BCUT2D eigenvalue weighted by Crippen LogP contribution is -2.13. The molecule has 0 spiro atoms. The molecule has 6 heteroatoms. The van der Waals surface area contributed by atoms with E-state index in [1.807, 2.05) is 30.5 Å². The van der Waals surface area contributed by atoms with Gasteiger partial charge in [-0.05, 0) is 26.0 Å². The van der Waals surface area contributed by atoms with Gasteiger partial charge in [-0.25, -0.2) is 9.97 Å². The normalized spacial score (nSPS) is 11.1. The number of hydrogen-bond donors (Lipinski definition) is 1. The molecule has 0 amide bonds. The Kier molecular flexibility index (Phi) is 2.63. The predicted molar refractivity (Wildman–Crippen MR) is 71.8 cm³/mol. The van der Waals surface area contributed by atoms with Crippen LogP contribution in [0.3, 0.4) is 0 Å². The van der Waals surface area contributed by atoms with Gasteiger partial charge in [-0.15, -0.1) is 0 Å². The molecule has 19 heavy (non-hydrogen) atoms. The quantitative estimate of drug-likeness (QED) is 0.753. The van der Waals surface area contributed by atoms with Crippen LogP contribution in [-0.4, -0.2) is 24.7 Å². The minimum Gasteiger partial charge on any atom is -0.332 e. The lowest BCUT2D eigenvalue weighted by Gasteiger charge is -2.10. The first-order valence-electron chi connectivity index (χ1n) is 6.07. The summed E-state index contributed by atoms with van der Waals surface area (Å²) >= 11 is 0. The second-order valence-electron chi connectivity index (χ2n) is 4.32. The van der Waals surface area contributed by atoms with Crippen molar-refractivity contribution in [2.45, 2.75) is 20.4 Å². The molecule has 0 saturated heterocycles. The van der Waals surface area contributed by atoms with E-state index in [1.165, 1.54) is 6.33 Å². The zero-order chi connectivity index (χ0) is 13.4. The van der Waals surface area contributed by atoms with E-state index >= 15 is 0 Å². The Bertz CT molecular complexity index is 789. The second-order valence-corrected chi connectivity index (χ2v) is 4.32. The molecule has 6 nitrogen and oxygen atoms in total. The molecule has 0 saturated carbocycles. The first kappa shape index (κ1) is 11.6. The van der Waals surface area contributed by atoms with Gasteiger partial charge in [-0.2, -0.15) is 5.10 Å². The summed E-state index contributed by atoms with van der Waals surface area (Å²) in [6.45, 7) is 4.65. The van der Waals surface area contributed by atoms with Crippen molar-refractivity contribution in [3.63, 3.8) is 0 Å². The highest BCUT2D eigenvalue weighted by molar-refractivity contribution is 5.79. The Hall–Kier alpha value is -2.50. The number of aryl methyl sites for hydroxylation is 2. The molecule has 3 aromatic heterocycles. The standard InChI is InChI=1S/C13H13N5O/c1-3-18-6-10(12-14-7-15-17-12)11(19)9-5-4-8(2)16-13(9)18/h4-7H,3H2,1-2H3,(H,14,15,17). The molecule has 0 radical (unpaired) electrons. The van der Waals surface area contributed by atoms with Crippen molar-refractivity contribution < 1.29 is 0 Å². The summed E-state index contributed by atoms with van der Waals surface area (Å²) in [6.07, 6.45) is 3.17. The van der Waals surface area contributed by atoms with Crippen LogP contribution < -0.4 is 5.43 Å². The minimum absolute atomic E-state index is 0.0797. The molecule has 0 bridgehead atoms. The van der Waals surface area contributed by atoms with Gasteiger partial charge < -0.3 is 4.57 Å². The Labute approximate surface area is 109 Å². The smallest absolute Gasteiger partial charge is 0.202 e. The highest BCUT2D eigenvalue weighted by Gasteiger charge is 2.13. The molecular weight excluding hydrogens is 242 g/mol. The Morgan fingerprint density at radius 1 is 1.37 bits per heavy atom. The number of hydrogen-bond acceptors (Lipinski definition) is 4. The van der Waals surface area contributed by atoms with Crippen LogP contribution in [-0.2, 0) is 6.54 Å². The zero-order valence-electron chi connectivity index (χ0n) is 10.7. The summed E-state index contributed by atoms with van der Waals surface area (Å²) in [5.41, 5.74) is 2.03. The largest absolute Gasteiger partial charge is 0.332 e. The highest BCUT2D eigenvalue weighted by Crippen LogP contribution is 2.15. The van der Waals surface area contributed by atoms with E-state index in [2.05, 4.69) is 20.2 Å². The maximum atomic E-state index is 12.5. The van der Waals surface area contributed by atoms with Crippen molar-refractivity contribution in [1.29, 1.82) is 0 Å². The van der Waals surface area contributed by atoms with Crippen LogP contribution >= 0.6 is 0 Å². The molecule has 0 aliphatic rings. The van der Waals surface area contributed by atoms with Crippen LogP contribution in [0.15, 0.2) is 29.5 Å². The van der Waals surface area contributed by atoms with Crippen molar-refractivity contribution in [3.05, 3.63) is 40.6 Å². The van der Waals surface area contributed by atoms with E-state index in [0.717, 1.165) is 12.2 Å². The maximum Gasteiger partial charge on any atom is 0.202 e. The van der Waals surface area contributed by atoms with Crippen LogP contribution in [0.5, 0.6) is 0 Å². The first-order valence-corrected chi connectivity index (χ1v) is 6.07. The molecule has 0 aliphatic heterocycles. The van der Waals surface area contributed by atoms with E-state index in [0.29, 0.717) is 22.4 Å². The second kappa shape index (κ2) is 4.31. The van der Waals surface area contributed by atoms with Gasteiger partial charge >= 0.3 is 0 Å². The number of fused-ring (bicyclic) bond motifs is 1. The Morgan fingerprint density at radius 2 is 2.21 bits per heavy atom. The van der Waals surface area contributed by atoms with Gasteiger partial charge in [0.05, 0.1) is 10.9 Å². The van der Waals surface area contributed by atoms with E-state index in [9.17, 15) is 4.79 Å². The van der Waals surface area contributed by atoms with Crippen molar-refractivity contribution in [1.82, 2.24) is 24.7 Å². The van der Waals surface area contributed by atoms with Gasteiger partial charge in [-0.3, -0.25) is 9.89 Å². The Morgan fingerprint density at radius 3 is 2.89 bits per heavy atom. The number of aromatic nitrogens is 5. The predicted octanol–water partition coefficient (Wildman–Crippen LogP) is 1.51. The average Bonchev–Trinajstić information content (AvgIpc) is 2.93. The summed E-state index contributed by atoms with van der Waals surface area (Å²) in [4.78, 5) is 21.0. The molecule has 0 unspecified atom stereocenters. The average molecular weight is 255 g/mol. The fourth-order valence-electron chi connectivity index (χ4n) is 2.10. The number of H-pyrrole nitrogens is 1. The summed E-state index contributed by atoms with van der Waals surface area (Å²) in [7, 11) is 0. The summed E-state index contributed by atoms with van der Waals surface area (Å²) in [5, 5.41) is 7.11. The van der Waals surface area contributed by atoms with Gasteiger partial charge in [0.1, 0.15) is 12.0 Å². The molecule has 0 aromatic carbocycles. The summed E-state index contributed by atoms with van der Waals surface area (Å²) in [5.74, 6) is 0.481. The fraction of sp³-hybridized carbons (Fsp3) is 0.231. The van der Waals surface area contributed by atoms with Crippen LogP contribution in [0.4, 0.5) is 0 Å². The van der Waals surface area contributed by atoms with Crippen LogP contribution in [0.2, 0.25) is 0 Å². The van der Waals surface area contributed by atoms with Gasteiger partial charge in [0.25, 0.3) is 0 Å². The minimum atomic E-state index is -0.0797. The van der Waals surface area contributed by atoms with Gasteiger partial charge in [0, 0.05) is 18.4 Å². The first-order chi connectivity index (χ1) is 9.20. The highest BCUT2D eigenvalue weighted by atomic mass is 16.1. The third-order valence-electron chi connectivity index (χ3n) is 3.07. The van der Waals surface area contributed by atoms with Crippen molar-refractivity contribution in [2.75, 3.05) is 0 Å². The number of nitrogens with zero attached hydrogens (tertiary/aromatic N) is 4. The molecule has 3 heterocycles. The monoisotopic (exact) mass is 255 g/mol. The number of pyridine rings is 2. The molecular formula is C13H13N5O. The summed E-state index contributed by atoms with van der Waals surface area (Å²) < 4.78 is 1.95. The molecule has 3 aromatic rings. The SMILES string of the molecule is CCn1cc(-c2ncn[nH]2)c(=O)c2ccc(C)nc21. The van der Waals surface area contributed by atoms with E-state index in [-0.39, 0.29) is 5.43 Å². The van der Waals surface area contributed by atoms with Crippen molar-refractivity contribution in [2.24, 2.45) is 0 Å². The molecule has 96 valence electrons. The lowest BCUT2D eigenvalue weighted by atomic mass is 10.1. The van der Waals surface area contributed by atoms with Crippen LogP contribution in [0.1, 0.15) is 12.6 Å². The third-order valence-corrected chi connectivity index (χ3v) is 3.07. The van der Waals surface area contributed by atoms with E-state index in [1.54, 1.807) is 6.20 Å². The molecule has 3 rings (SSSR count). The number of nitrogens with one attached hydrogen (secondary N) is 1. The molecule has 0 fully saturated rings. The number of rotatable bonds is 2. The van der Waals surface area contributed by atoms with Gasteiger partial charge in [-0.1, -0.05) is 0 Å². The van der Waals surface area contributed by atoms with E-state index < -0.39 is 0 Å². The van der Waals surface area contributed by atoms with Crippen molar-refractivity contribution >= 4 is 11.0 Å². The number of aromatic amines is 1. The molecule has 0 atom stereocenters. The molecule has 1 N–H and O–H groups in total. The fourth-order valence-corrected chi connectivity index (χ4v) is 2.10. The molecule has 0 aliphatic carbocycles. The Balaban J connectivity index is 2.41. The topological polar surface area (TPSA) is 76.5 Å². The third kappa shape index (κ3) is 1.81.